The molecule has 23 heavy (non-hydrogen) atoms. The molecule has 1 fully saturated rings. The fourth-order valence-corrected chi connectivity index (χ4v) is 5.74. The molecule has 0 N–H and O–H groups in total. The van der Waals surface area contributed by atoms with Crippen LogP contribution in [0.5, 0.6) is 5.75 Å². The Kier molecular flexibility index (Phi) is 4.00. The van der Waals surface area contributed by atoms with Gasteiger partial charge < -0.3 is 4.74 Å². The summed E-state index contributed by atoms with van der Waals surface area (Å²) in [4.78, 5) is 20.1. The minimum Gasteiger partial charge on any atom is -0.494 e. The molecule has 4 rings (SSSR count). The van der Waals surface area contributed by atoms with Crippen LogP contribution in [0.2, 0.25) is 0 Å². The summed E-state index contributed by atoms with van der Waals surface area (Å²) in [6, 6.07) is 9.97. The Bertz CT molecular complexity index is 844. The Morgan fingerprint density at radius 1 is 1.39 bits per heavy atom. The third-order valence-electron chi connectivity index (χ3n) is 3.52. The molecule has 7 heteroatoms. The number of fused-ring (bicyclic) bond motifs is 1. The zero-order valence-corrected chi connectivity index (χ0v) is 14.8. The molecule has 3 heterocycles. The average molecular weight is 363 g/mol. The minimum absolute atomic E-state index is 0.0365. The third-order valence-corrected chi connectivity index (χ3v) is 6.81. The van der Waals surface area contributed by atoms with Crippen molar-refractivity contribution in [2.45, 2.75) is 12.3 Å². The highest BCUT2D eigenvalue weighted by Crippen LogP contribution is 2.45. The lowest BCUT2D eigenvalue weighted by atomic mass is 10.3. The van der Waals surface area contributed by atoms with Gasteiger partial charge in [-0.25, -0.2) is 4.98 Å². The van der Waals surface area contributed by atoms with E-state index in [0.29, 0.717) is 12.4 Å². The van der Waals surface area contributed by atoms with Crippen molar-refractivity contribution < 1.29 is 9.53 Å². The number of hydrogen-bond donors (Lipinski definition) is 0. The molecule has 1 atom stereocenters. The molecule has 2 aromatic heterocycles. The first-order valence-corrected chi connectivity index (χ1v) is 10.0. The van der Waals surface area contributed by atoms with Crippen LogP contribution in [0.15, 0.2) is 35.7 Å². The predicted octanol–water partition coefficient (Wildman–Crippen LogP) is 4.54. The number of benzene rings is 1. The van der Waals surface area contributed by atoms with Crippen LogP contribution < -0.4 is 9.64 Å². The van der Waals surface area contributed by atoms with E-state index in [4.69, 9.17) is 4.74 Å². The molecule has 1 aliphatic heterocycles. The van der Waals surface area contributed by atoms with Crippen LogP contribution in [0.3, 0.4) is 0 Å². The Morgan fingerprint density at radius 3 is 3.09 bits per heavy atom. The molecule has 118 valence electrons. The van der Waals surface area contributed by atoms with Gasteiger partial charge in [-0.1, -0.05) is 17.4 Å². The molecular weight excluding hydrogens is 348 g/mol. The number of thiazole rings is 1. The molecular formula is C16H14N2O2S3. The highest BCUT2D eigenvalue weighted by molar-refractivity contribution is 8.01. The van der Waals surface area contributed by atoms with Crippen molar-refractivity contribution in [1.29, 1.82) is 0 Å². The number of thioether (sulfide) groups is 1. The molecule has 0 unspecified atom stereocenters. The quantitative estimate of drug-likeness (QED) is 0.684. The largest absolute Gasteiger partial charge is 0.494 e. The summed E-state index contributed by atoms with van der Waals surface area (Å²) in [5.41, 5.74) is 0.906. The number of carbonyl (C=O) groups excluding carboxylic acids is 1. The zero-order valence-electron chi connectivity index (χ0n) is 12.4. The monoisotopic (exact) mass is 362 g/mol. The molecule has 4 nitrogen and oxygen atoms in total. The van der Waals surface area contributed by atoms with Gasteiger partial charge in [0.2, 0.25) is 5.91 Å². The second-order valence-corrected chi connectivity index (χ2v) is 8.06. The first-order chi connectivity index (χ1) is 11.3. The maximum Gasteiger partial charge on any atom is 0.240 e. The van der Waals surface area contributed by atoms with E-state index in [2.05, 4.69) is 11.1 Å². The summed E-state index contributed by atoms with van der Waals surface area (Å²) in [6.07, 6.45) is 0. The summed E-state index contributed by atoms with van der Waals surface area (Å²) in [6.45, 7) is 2.60. The van der Waals surface area contributed by atoms with Crippen LogP contribution in [0.4, 0.5) is 5.13 Å². The van der Waals surface area contributed by atoms with Crippen molar-refractivity contribution in [2.75, 3.05) is 17.3 Å². The van der Waals surface area contributed by atoms with Crippen LogP contribution in [0.1, 0.15) is 17.2 Å². The van der Waals surface area contributed by atoms with Gasteiger partial charge >= 0.3 is 0 Å². The number of rotatable bonds is 4. The molecule has 1 amide bonds. The van der Waals surface area contributed by atoms with Crippen LogP contribution in [-0.4, -0.2) is 23.3 Å². The van der Waals surface area contributed by atoms with Crippen LogP contribution in [-0.2, 0) is 4.79 Å². The Morgan fingerprint density at radius 2 is 2.30 bits per heavy atom. The second-order valence-electron chi connectivity index (χ2n) is 5.00. The number of amides is 1. The molecule has 0 aliphatic carbocycles. The smallest absolute Gasteiger partial charge is 0.240 e. The first-order valence-electron chi connectivity index (χ1n) is 7.26. The number of hydrogen-bond acceptors (Lipinski definition) is 6. The van der Waals surface area contributed by atoms with Crippen LogP contribution in [0, 0.1) is 0 Å². The molecule has 1 aliphatic rings. The van der Waals surface area contributed by atoms with Gasteiger partial charge in [-0.05, 0) is 36.6 Å². The molecule has 1 aromatic carbocycles. The van der Waals surface area contributed by atoms with E-state index in [0.717, 1.165) is 21.1 Å². The summed E-state index contributed by atoms with van der Waals surface area (Å²) >= 11 is 4.88. The van der Waals surface area contributed by atoms with Crippen molar-refractivity contribution in [3.63, 3.8) is 0 Å². The summed E-state index contributed by atoms with van der Waals surface area (Å²) in [7, 11) is 0. The van der Waals surface area contributed by atoms with Gasteiger partial charge in [-0.3, -0.25) is 9.69 Å². The zero-order chi connectivity index (χ0) is 15.8. The molecule has 0 spiro atoms. The highest BCUT2D eigenvalue weighted by atomic mass is 32.2. The van der Waals surface area contributed by atoms with E-state index < -0.39 is 0 Å². The van der Waals surface area contributed by atoms with Crippen molar-refractivity contribution in [2.24, 2.45) is 0 Å². The molecule has 3 aromatic rings. The van der Waals surface area contributed by atoms with E-state index in [9.17, 15) is 4.79 Å². The van der Waals surface area contributed by atoms with Crippen molar-refractivity contribution >= 4 is 55.7 Å². The van der Waals surface area contributed by atoms with Gasteiger partial charge in [0.05, 0.1) is 22.6 Å². The molecule has 1 saturated heterocycles. The van der Waals surface area contributed by atoms with Crippen LogP contribution >= 0.6 is 34.4 Å². The lowest BCUT2D eigenvalue weighted by Crippen LogP contribution is -2.27. The molecule has 0 radical (unpaired) electrons. The normalized spacial score (nSPS) is 18.0. The summed E-state index contributed by atoms with van der Waals surface area (Å²) < 4.78 is 6.59. The lowest BCUT2D eigenvalue weighted by Gasteiger charge is -2.19. The fraction of sp³-hybridized carbons (Fsp3) is 0.250. The topological polar surface area (TPSA) is 42.4 Å². The standard InChI is InChI=1S/C16H14N2O2S3/c1-2-20-10-5-6-11-13(8-10)23-16(17-11)18-14(19)9-22-15(18)12-4-3-7-21-12/h3-8,15H,2,9H2,1H3/t15-/m1/s1. The van der Waals surface area contributed by atoms with Gasteiger partial charge in [-0.15, -0.1) is 23.1 Å². The number of anilines is 1. The summed E-state index contributed by atoms with van der Waals surface area (Å²) in [5.74, 6) is 1.47. The third kappa shape index (κ3) is 2.73. The minimum atomic E-state index is 0.0365. The van der Waals surface area contributed by atoms with Gasteiger partial charge in [0.1, 0.15) is 11.1 Å². The maximum absolute atomic E-state index is 12.4. The second kappa shape index (κ2) is 6.14. The number of nitrogens with zero attached hydrogens (tertiary/aromatic N) is 2. The van der Waals surface area contributed by atoms with Gasteiger partial charge in [0.25, 0.3) is 0 Å². The Hall–Kier alpha value is -1.57. The SMILES string of the molecule is CCOc1ccc2nc(N3C(=O)CS[C@@H]3c3cccs3)sc2c1. The van der Waals surface area contributed by atoms with Gasteiger partial charge in [-0.2, -0.15) is 0 Å². The van der Waals surface area contributed by atoms with Gasteiger partial charge in [0.15, 0.2) is 5.13 Å². The van der Waals surface area contributed by atoms with Crippen LogP contribution in [0.25, 0.3) is 10.2 Å². The highest BCUT2D eigenvalue weighted by Gasteiger charge is 2.36. The van der Waals surface area contributed by atoms with Crippen molar-refractivity contribution in [3.05, 3.63) is 40.6 Å². The maximum atomic E-state index is 12.4. The van der Waals surface area contributed by atoms with E-state index >= 15 is 0 Å². The van der Waals surface area contributed by atoms with E-state index in [-0.39, 0.29) is 11.3 Å². The number of ether oxygens (including phenoxy) is 1. The lowest BCUT2D eigenvalue weighted by molar-refractivity contribution is -0.115. The molecule has 0 saturated carbocycles. The fourth-order valence-electron chi connectivity index (χ4n) is 2.53. The van der Waals surface area contributed by atoms with Gasteiger partial charge in [0, 0.05) is 4.88 Å². The Balaban J connectivity index is 1.73. The molecule has 0 bridgehead atoms. The number of aromatic nitrogens is 1. The average Bonchev–Trinajstić information content (AvgIpc) is 3.24. The van der Waals surface area contributed by atoms with Crippen molar-refractivity contribution in [3.8, 4) is 5.75 Å². The predicted molar refractivity (Wildman–Crippen MR) is 97.8 cm³/mol. The van der Waals surface area contributed by atoms with E-state index in [1.54, 1.807) is 34.4 Å². The Labute approximate surface area is 146 Å². The van der Waals surface area contributed by atoms with E-state index in [1.165, 1.54) is 4.88 Å². The van der Waals surface area contributed by atoms with E-state index in [1.807, 2.05) is 41.5 Å². The number of carbonyl (C=O) groups is 1. The summed E-state index contributed by atoms with van der Waals surface area (Å²) in [5, 5.41) is 2.85. The number of thiophene rings is 1. The van der Waals surface area contributed by atoms with Crippen molar-refractivity contribution in [1.82, 2.24) is 4.98 Å². The first kappa shape index (κ1) is 15.0.